The largest absolute Gasteiger partial charge is 0.481 e. The number of ether oxygens (including phenoxy) is 5. The molecule has 0 bridgehead atoms. The minimum absolute atomic E-state index is 0.0199. The molecule has 61 heavy (non-hydrogen) atoms. The topological polar surface area (TPSA) is 175 Å². The van der Waals surface area contributed by atoms with Crippen LogP contribution in [-0.2, 0) is 53.9 Å². The fourth-order valence-corrected chi connectivity index (χ4v) is 8.83. The van der Waals surface area contributed by atoms with Crippen LogP contribution in [0.2, 0.25) is 10.0 Å². The van der Waals surface area contributed by atoms with E-state index in [0.717, 1.165) is 25.7 Å². The number of halogens is 3. The van der Waals surface area contributed by atoms with Crippen molar-refractivity contribution in [2.45, 2.75) is 114 Å². The summed E-state index contributed by atoms with van der Waals surface area (Å²) < 4.78 is 26.0. The first-order valence-electron chi connectivity index (χ1n) is 20.7. The average Bonchev–Trinajstić information content (AvgIpc) is 3.25. The molecule has 1 N–H and O–H groups in total. The van der Waals surface area contributed by atoms with Gasteiger partial charge in [0.25, 0.3) is 0 Å². The van der Waals surface area contributed by atoms with Gasteiger partial charge in [-0.3, -0.25) is 29.0 Å². The van der Waals surface area contributed by atoms with Crippen molar-refractivity contribution >= 4 is 70.5 Å². The van der Waals surface area contributed by atoms with Crippen LogP contribution in [0.3, 0.4) is 0 Å². The molecule has 17 heteroatoms. The van der Waals surface area contributed by atoms with Gasteiger partial charge in [0.2, 0.25) is 6.29 Å². The van der Waals surface area contributed by atoms with Crippen molar-refractivity contribution in [1.29, 1.82) is 0 Å². The quantitative estimate of drug-likeness (QED) is 0.144. The normalized spacial score (nSPS) is 23.1. The standard InChI is InChI=1S/C22H28ClNO6.C16H19Cl2NO3.C6H10O3/c1-15(29-20(26)16-10-13-28-14-11-16)30-21(27)24(2)22(12-6-5-9-19(22)25)17-7-3-4-8-18(17)23;1-11(17)22-15(21)19(2)16(10-6-5-9-14(16)20)12-7-3-4-8-13(12)18;7-6(8)5-1-3-9-4-2-5/h3-4,7-8,15-16H,5-6,9-14H2,1-2H3;3-4,7-8,11H,5-6,9-10H2,1-2H3;5H,1-4H2,(H,7,8)/t15?,22-;11?,16-;/m00./s1. The van der Waals surface area contributed by atoms with E-state index in [1.165, 1.54) is 23.8 Å². The van der Waals surface area contributed by atoms with Crippen molar-refractivity contribution in [2.24, 2.45) is 11.8 Å². The van der Waals surface area contributed by atoms with E-state index in [0.29, 0.717) is 99.0 Å². The van der Waals surface area contributed by atoms with Crippen LogP contribution >= 0.6 is 34.8 Å². The van der Waals surface area contributed by atoms with Crippen molar-refractivity contribution in [2.75, 3.05) is 40.5 Å². The summed E-state index contributed by atoms with van der Waals surface area (Å²) in [5.41, 5.74) is -1.82. The first kappa shape index (κ1) is 49.7. The Balaban J connectivity index is 0.000000230. The van der Waals surface area contributed by atoms with E-state index in [-0.39, 0.29) is 23.4 Å². The second-order valence-corrected chi connectivity index (χ2v) is 16.9. The summed E-state index contributed by atoms with van der Waals surface area (Å²) in [6, 6.07) is 14.2. The van der Waals surface area contributed by atoms with Gasteiger partial charge in [0, 0.05) is 81.5 Å². The summed E-state index contributed by atoms with van der Waals surface area (Å²) in [4.78, 5) is 76.3. The molecule has 2 saturated carbocycles. The van der Waals surface area contributed by atoms with Crippen LogP contribution in [0.15, 0.2) is 48.5 Å². The van der Waals surface area contributed by atoms with Crippen LogP contribution in [-0.4, -0.2) is 103 Å². The van der Waals surface area contributed by atoms with Gasteiger partial charge in [-0.15, -0.1) is 0 Å². The van der Waals surface area contributed by atoms with E-state index in [9.17, 15) is 28.8 Å². The third-order valence-electron chi connectivity index (χ3n) is 11.6. The second-order valence-electron chi connectivity index (χ2n) is 15.5. The van der Waals surface area contributed by atoms with E-state index in [1.807, 2.05) is 6.07 Å². The summed E-state index contributed by atoms with van der Waals surface area (Å²) >= 11 is 18.5. The van der Waals surface area contributed by atoms with Gasteiger partial charge in [-0.05, 0) is 83.3 Å². The maximum Gasteiger partial charge on any atom is 0.413 e. The molecule has 0 aromatic heterocycles. The van der Waals surface area contributed by atoms with E-state index in [1.54, 1.807) is 56.4 Å². The number of hydrogen-bond acceptors (Lipinski definition) is 11. The Morgan fingerprint density at radius 2 is 1.08 bits per heavy atom. The number of carboxylic acid groups (broad SMARTS) is 1. The van der Waals surface area contributed by atoms with Crippen molar-refractivity contribution in [3.8, 4) is 0 Å². The van der Waals surface area contributed by atoms with Gasteiger partial charge in [-0.25, -0.2) is 9.59 Å². The van der Waals surface area contributed by atoms with E-state index in [4.69, 9.17) is 63.6 Å². The molecular formula is C44H57Cl3N2O12. The molecule has 2 saturated heterocycles. The van der Waals surface area contributed by atoms with Crippen molar-refractivity contribution < 1.29 is 57.6 Å². The molecule has 4 aliphatic rings. The lowest BCUT2D eigenvalue weighted by molar-refractivity contribution is -0.175. The molecule has 4 fully saturated rings. The molecule has 2 aliphatic carbocycles. The third kappa shape index (κ3) is 12.6. The molecule has 0 radical (unpaired) electrons. The molecule has 2 amide bonds. The Labute approximate surface area is 372 Å². The molecule has 2 unspecified atom stereocenters. The summed E-state index contributed by atoms with van der Waals surface area (Å²) in [6.07, 6.45) is 5.05. The highest BCUT2D eigenvalue weighted by Gasteiger charge is 2.50. The second kappa shape index (κ2) is 23.5. The van der Waals surface area contributed by atoms with Gasteiger partial charge in [0.05, 0.1) is 11.8 Å². The van der Waals surface area contributed by atoms with Crippen molar-refractivity contribution in [3.05, 3.63) is 69.7 Å². The molecule has 4 atom stereocenters. The number of alkyl halides is 1. The van der Waals surface area contributed by atoms with Gasteiger partial charge in [-0.2, -0.15) is 0 Å². The minimum Gasteiger partial charge on any atom is -0.481 e. The molecule has 6 rings (SSSR count). The van der Waals surface area contributed by atoms with Gasteiger partial charge in [0.15, 0.2) is 17.1 Å². The molecular weight excluding hydrogens is 855 g/mol. The lowest BCUT2D eigenvalue weighted by Gasteiger charge is -2.43. The average molecular weight is 912 g/mol. The summed E-state index contributed by atoms with van der Waals surface area (Å²) in [6.45, 7) is 5.29. The smallest absolute Gasteiger partial charge is 0.413 e. The van der Waals surface area contributed by atoms with Gasteiger partial charge in [0.1, 0.15) is 11.1 Å². The number of rotatable bonds is 9. The Hall–Kier alpha value is -3.95. The number of aliphatic carboxylic acids is 1. The van der Waals surface area contributed by atoms with Crippen LogP contribution in [0, 0.1) is 11.8 Å². The zero-order valence-electron chi connectivity index (χ0n) is 35.2. The van der Waals surface area contributed by atoms with Crippen molar-refractivity contribution in [3.63, 3.8) is 0 Å². The molecule has 0 spiro atoms. The molecule has 336 valence electrons. The van der Waals surface area contributed by atoms with Crippen LogP contribution in [0.25, 0.3) is 0 Å². The molecule has 2 aromatic rings. The molecule has 2 aliphatic heterocycles. The highest BCUT2D eigenvalue weighted by atomic mass is 35.5. The van der Waals surface area contributed by atoms with E-state index >= 15 is 0 Å². The number of likely N-dealkylation sites (N-methyl/N-ethyl adjacent to an activating group) is 2. The number of amides is 2. The van der Waals surface area contributed by atoms with Crippen LogP contribution in [0.5, 0.6) is 0 Å². The fourth-order valence-electron chi connectivity index (χ4n) is 8.17. The number of esters is 1. The predicted molar refractivity (Wildman–Crippen MR) is 227 cm³/mol. The van der Waals surface area contributed by atoms with Crippen LogP contribution in [0.4, 0.5) is 9.59 Å². The zero-order chi connectivity index (χ0) is 44.7. The number of carbonyl (C=O) groups excluding carboxylic acids is 5. The van der Waals surface area contributed by atoms with Gasteiger partial charge in [-0.1, -0.05) is 71.2 Å². The maximum atomic E-state index is 13.1. The molecule has 14 nitrogen and oxygen atoms in total. The van der Waals surface area contributed by atoms with E-state index in [2.05, 4.69) is 0 Å². The summed E-state index contributed by atoms with van der Waals surface area (Å²) in [5, 5.41) is 9.37. The predicted octanol–water partition coefficient (Wildman–Crippen LogP) is 8.89. The van der Waals surface area contributed by atoms with Gasteiger partial charge < -0.3 is 28.8 Å². The summed E-state index contributed by atoms with van der Waals surface area (Å²) in [7, 11) is 3.09. The first-order chi connectivity index (χ1) is 29.1. The van der Waals surface area contributed by atoms with E-state index < -0.39 is 47.1 Å². The fraction of sp³-hybridized carbons (Fsp3) is 0.591. The van der Waals surface area contributed by atoms with Crippen LogP contribution in [0.1, 0.15) is 102 Å². The Morgan fingerprint density at radius 1 is 0.672 bits per heavy atom. The zero-order valence-corrected chi connectivity index (χ0v) is 37.5. The number of hydrogen-bond donors (Lipinski definition) is 1. The Kier molecular flexibility index (Phi) is 19.1. The highest BCUT2D eigenvalue weighted by Crippen LogP contribution is 2.44. The summed E-state index contributed by atoms with van der Waals surface area (Å²) in [5.74, 6) is -1.60. The lowest BCUT2D eigenvalue weighted by atomic mass is 9.74. The number of benzene rings is 2. The number of Topliss-reactive ketones (excluding diaryl/α,β-unsaturated/α-hetero) is 2. The third-order valence-corrected chi connectivity index (χ3v) is 12.3. The first-order valence-corrected chi connectivity index (χ1v) is 21.9. The Bertz CT molecular complexity index is 1840. The number of carboxylic acids is 1. The lowest BCUT2D eigenvalue weighted by Crippen LogP contribution is -2.54. The number of carbonyl (C=O) groups is 6. The highest BCUT2D eigenvalue weighted by molar-refractivity contribution is 6.32. The number of ketones is 2. The molecule has 2 aromatic carbocycles. The molecule has 2 heterocycles. The monoisotopic (exact) mass is 910 g/mol. The SMILES string of the molecule is CC(Cl)OC(=O)N(C)[C@]1(c2ccccc2Cl)CCCCC1=O.CC(OC(=O)C1CCOCC1)OC(=O)N(C)[C@]1(c2ccccc2Cl)CCCCC1=O.O=C(O)C1CCOCC1. The van der Waals surface area contributed by atoms with Gasteiger partial charge >= 0.3 is 24.1 Å². The van der Waals surface area contributed by atoms with Crippen LogP contribution < -0.4 is 0 Å². The number of nitrogens with zero attached hydrogens (tertiary/aromatic N) is 2. The Morgan fingerprint density at radius 3 is 1.46 bits per heavy atom. The maximum absolute atomic E-state index is 13.1. The minimum atomic E-state index is -1.20. The van der Waals surface area contributed by atoms with Crippen molar-refractivity contribution in [1.82, 2.24) is 9.80 Å².